The molecule has 0 aliphatic heterocycles. The van der Waals surface area contributed by atoms with Crippen LogP contribution in [0.3, 0.4) is 0 Å². The van der Waals surface area contributed by atoms with Crippen LogP contribution in [0.4, 0.5) is 0 Å². The highest BCUT2D eigenvalue weighted by molar-refractivity contribution is 5.87. The number of carboxylic acid groups (broad SMARTS) is 1. The van der Waals surface area contributed by atoms with Crippen LogP contribution in [0.5, 0.6) is 0 Å². The van der Waals surface area contributed by atoms with Crippen molar-refractivity contribution in [3.05, 3.63) is 47.4 Å². The predicted molar refractivity (Wildman–Crippen MR) is 60.0 cm³/mol. The molecule has 0 saturated heterocycles. The Kier molecular flexibility index (Phi) is 2.48. The summed E-state index contributed by atoms with van der Waals surface area (Å²) in [5.74, 6) is -0.286. The van der Waals surface area contributed by atoms with Gasteiger partial charge in [0.15, 0.2) is 0 Å². The summed E-state index contributed by atoms with van der Waals surface area (Å²) in [6.07, 6.45) is 3.43. The Hall–Kier alpha value is -2.10. The van der Waals surface area contributed by atoms with Gasteiger partial charge in [-0.25, -0.2) is 9.78 Å². The summed E-state index contributed by atoms with van der Waals surface area (Å²) in [6.45, 7) is 3.77. The molecule has 0 fully saturated rings. The summed E-state index contributed by atoms with van der Waals surface area (Å²) in [7, 11) is 0. The largest absolute Gasteiger partial charge is 0.477 e. The molecule has 0 amide bonds. The van der Waals surface area contributed by atoms with Crippen molar-refractivity contribution in [1.82, 2.24) is 9.55 Å². The van der Waals surface area contributed by atoms with Gasteiger partial charge in [0, 0.05) is 12.4 Å². The number of hydrogen-bond donors (Lipinski definition) is 1. The minimum atomic E-state index is -0.946. The molecule has 0 aromatic carbocycles. The normalized spacial score (nSPS) is 10.4. The number of pyridine rings is 1. The van der Waals surface area contributed by atoms with Crippen LogP contribution in [-0.4, -0.2) is 20.6 Å². The Bertz CT molecular complexity index is 544. The zero-order valence-electron chi connectivity index (χ0n) is 9.14. The molecule has 16 heavy (non-hydrogen) atoms. The molecule has 4 nitrogen and oxygen atoms in total. The summed E-state index contributed by atoms with van der Waals surface area (Å²) in [5.41, 5.74) is 2.09. The average molecular weight is 216 g/mol. The molecular formula is C12H12N2O2. The summed E-state index contributed by atoms with van der Waals surface area (Å²) in [5, 5.41) is 9.08. The van der Waals surface area contributed by atoms with Crippen LogP contribution in [0, 0.1) is 13.8 Å². The summed E-state index contributed by atoms with van der Waals surface area (Å²) in [6, 6.07) is 5.37. The Morgan fingerprint density at radius 1 is 1.44 bits per heavy atom. The van der Waals surface area contributed by atoms with Gasteiger partial charge in [-0.3, -0.25) is 4.57 Å². The number of aromatic nitrogens is 2. The zero-order valence-corrected chi connectivity index (χ0v) is 9.14. The first-order chi connectivity index (χ1) is 7.59. The van der Waals surface area contributed by atoms with Crippen LogP contribution < -0.4 is 0 Å². The average Bonchev–Trinajstić information content (AvgIpc) is 2.61. The van der Waals surface area contributed by atoms with Crippen molar-refractivity contribution in [3.8, 4) is 5.82 Å². The predicted octanol–water partition coefficient (Wildman–Crippen LogP) is 2.19. The number of carbonyl (C=O) groups is 1. The first-order valence-electron chi connectivity index (χ1n) is 4.94. The molecule has 0 aliphatic rings. The SMILES string of the molecule is Cc1cc(C(=O)O)n(-c2ncccc2C)c1. The van der Waals surface area contributed by atoms with E-state index in [0.29, 0.717) is 5.82 Å². The number of aryl methyl sites for hydroxylation is 2. The van der Waals surface area contributed by atoms with E-state index in [2.05, 4.69) is 4.98 Å². The van der Waals surface area contributed by atoms with E-state index >= 15 is 0 Å². The molecular weight excluding hydrogens is 204 g/mol. The number of carboxylic acids is 1. The Balaban J connectivity index is 2.64. The fraction of sp³-hybridized carbons (Fsp3) is 0.167. The van der Waals surface area contributed by atoms with Gasteiger partial charge in [0.25, 0.3) is 0 Å². The van der Waals surface area contributed by atoms with Gasteiger partial charge in [0.05, 0.1) is 0 Å². The van der Waals surface area contributed by atoms with Crippen molar-refractivity contribution in [2.24, 2.45) is 0 Å². The van der Waals surface area contributed by atoms with Crippen molar-refractivity contribution >= 4 is 5.97 Å². The molecule has 0 unspecified atom stereocenters. The number of hydrogen-bond acceptors (Lipinski definition) is 2. The third-order valence-corrected chi connectivity index (χ3v) is 2.39. The van der Waals surface area contributed by atoms with Crippen LogP contribution in [-0.2, 0) is 0 Å². The van der Waals surface area contributed by atoms with Gasteiger partial charge in [-0.05, 0) is 37.1 Å². The Morgan fingerprint density at radius 3 is 2.81 bits per heavy atom. The number of aromatic carboxylic acids is 1. The number of rotatable bonds is 2. The lowest BCUT2D eigenvalue weighted by Crippen LogP contribution is -2.08. The van der Waals surface area contributed by atoms with Gasteiger partial charge in [0.1, 0.15) is 11.5 Å². The molecule has 0 saturated carbocycles. The highest BCUT2D eigenvalue weighted by Gasteiger charge is 2.13. The molecule has 82 valence electrons. The van der Waals surface area contributed by atoms with Gasteiger partial charge in [-0.2, -0.15) is 0 Å². The van der Waals surface area contributed by atoms with Crippen LogP contribution in [0.15, 0.2) is 30.6 Å². The van der Waals surface area contributed by atoms with Crippen LogP contribution in [0.1, 0.15) is 21.6 Å². The lowest BCUT2D eigenvalue weighted by molar-refractivity contribution is 0.0688. The lowest BCUT2D eigenvalue weighted by Gasteiger charge is -2.07. The van der Waals surface area contributed by atoms with Crippen molar-refractivity contribution in [2.75, 3.05) is 0 Å². The van der Waals surface area contributed by atoms with Crippen LogP contribution in [0.2, 0.25) is 0 Å². The molecule has 0 bridgehead atoms. The van der Waals surface area contributed by atoms with Crippen molar-refractivity contribution in [2.45, 2.75) is 13.8 Å². The Labute approximate surface area is 93.2 Å². The third kappa shape index (κ3) is 1.69. The maximum Gasteiger partial charge on any atom is 0.352 e. The van der Waals surface area contributed by atoms with Gasteiger partial charge in [-0.15, -0.1) is 0 Å². The zero-order chi connectivity index (χ0) is 11.7. The Morgan fingerprint density at radius 2 is 2.19 bits per heavy atom. The van der Waals surface area contributed by atoms with E-state index in [1.54, 1.807) is 23.0 Å². The molecule has 0 radical (unpaired) electrons. The third-order valence-electron chi connectivity index (χ3n) is 2.39. The summed E-state index contributed by atoms with van der Waals surface area (Å²) < 4.78 is 1.60. The van der Waals surface area contributed by atoms with Crippen LogP contribution in [0.25, 0.3) is 5.82 Å². The van der Waals surface area contributed by atoms with E-state index in [-0.39, 0.29) is 5.69 Å². The summed E-state index contributed by atoms with van der Waals surface area (Å²) in [4.78, 5) is 15.3. The van der Waals surface area contributed by atoms with Gasteiger partial charge >= 0.3 is 5.97 Å². The standard InChI is InChI=1S/C12H12N2O2/c1-8-6-10(12(15)16)14(7-8)11-9(2)4-3-5-13-11/h3-7H,1-2H3,(H,15,16). The van der Waals surface area contributed by atoms with E-state index in [9.17, 15) is 4.79 Å². The molecule has 2 rings (SSSR count). The van der Waals surface area contributed by atoms with Crippen molar-refractivity contribution in [1.29, 1.82) is 0 Å². The van der Waals surface area contributed by atoms with E-state index in [1.807, 2.05) is 26.0 Å². The van der Waals surface area contributed by atoms with E-state index in [4.69, 9.17) is 5.11 Å². The molecule has 2 aromatic rings. The molecule has 1 N–H and O–H groups in total. The monoisotopic (exact) mass is 216 g/mol. The smallest absolute Gasteiger partial charge is 0.352 e. The van der Waals surface area contributed by atoms with Crippen LogP contribution >= 0.6 is 0 Å². The second kappa shape index (κ2) is 3.81. The minimum absolute atomic E-state index is 0.235. The topological polar surface area (TPSA) is 55.1 Å². The second-order valence-corrected chi connectivity index (χ2v) is 3.72. The molecule has 0 aliphatic carbocycles. The van der Waals surface area contributed by atoms with E-state index in [0.717, 1.165) is 11.1 Å². The lowest BCUT2D eigenvalue weighted by atomic mass is 10.3. The van der Waals surface area contributed by atoms with Crippen molar-refractivity contribution in [3.63, 3.8) is 0 Å². The van der Waals surface area contributed by atoms with Gasteiger partial charge in [0.2, 0.25) is 0 Å². The highest BCUT2D eigenvalue weighted by atomic mass is 16.4. The summed E-state index contributed by atoms with van der Waals surface area (Å²) >= 11 is 0. The minimum Gasteiger partial charge on any atom is -0.477 e. The maximum atomic E-state index is 11.1. The van der Waals surface area contributed by atoms with E-state index < -0.39 is 5.97 Å². The first-order valence-corrected chi connectivity index (χ1v) is 4.94. The molecule has 0 atom stereocenters. The van der Waals surface area contributed by atoms with Gasteiger partial charge in [-0.1, -0.05) is 6.07 Å². The second-order valence-electron chi connectivity index (χ2n) is 3.72. The maximum absolute atomic E-state index is 11.1. The molecule has 2 heterocycles. The molecule has 0 spiro atoms. The van der Waals surface area contributed by atoms with E-state index in [1.165, 1.54) is 0 Å². The fourth-order valence-corrected chi connectivity index (χ4v) is 1.67. The molecule has 2 aromatic heterocycles. The fourth-order valence-electron chi connectivity index (χ4n) is 1.67. The van der Waals surface area contributed by atoms with Gasteiger partial charge < -0.3 is 5.11 Å². The number of nitrogens with zero attached hydrogens (tertiary/aromatic N) is 2. The highest BCUT2D eigenvalue weighted by Crippen LogP contribution is 2.16. The van der Waals surface area contributed by atoms with Crippen molar-refractivity contribution < 1.29 is 9.90 Å². The molecule has 4 heteroatoms. The first kappa shape index (κ1) is 10.4. The quantitative estimate of drug-likeness (QED) is 0.837.